The number of fused-ring (bicyclic) bond motifs is 1. The summed E-state index contributed by atoms with van der Waals surface area (Å²) in [4.78, 5) is 11.8. The molecule has 1 aromatic carbocycles. The topological polar surface area (TPSA) is 60.4 Å². The molecule has 4 nitrogen and oxygen atoms in total. The standard InChI is InChI=1S/C21H30O4S2/c1-2-3-4-5-6-7-8-9-10-13-16-27(23,24)25-19-17-21(22)26-20-15-12-11-14-18(19)20/h11-12,14-15,17H,2-10,13,16H2,1H3. The quantitative estimate of drug-likeness (QED) is 0.305. The van der Waals surface area contributed by atoms with E-state index in [4.69, 9.17) is 4.18 Å². The highest BCUT2D eigenvalue weighted by atomic mass is 32.2. The first-order chi connectivity index (χ1) is 13.0. The molecule has 27 heavy (non-hydrogen) atoms. The van der Waals surface area contributed by atoms with Gasteiger partial charge in [-0.1, -0.05) is 88.2 Å². The molecular formula is C21H30O4S2. The summed E-state index contributed by atoms with van der Waals surface area (Å²) in [5.74, 6) is 0.131. The Kier molecular flexibility index (Phi) is 9.28. The Labute approximate surface area is 166 Å². The molecule has 0 bridgehead atoms. The van der Waals surface area contributed by atoms with Crippen LogP contribution < -0.4 is 8.93 Å². The van der Waals surface area contributed by atoms with Crippen molar-refractivity contribution >= 4 is 31.5 Å². The van der Waals surface area contributed by atoms with Crippen molar-refractivity contribution in [1.82, 2.24) is 0 Å². The molecule has 0 N–H and O–H groups in total. The number of benzene rings is 1. The summed E-state index contributed by atoms with van der Waals surface area (Å²) in [5, 5.41) is 0.661. The van der Waals surface area contributed by atoms with Gasteiger partial charge in [-0.25, -0.2) is 0 Å². The van der Waals surface area contributed by atoms with E-state index in [0.717, 1.165) is 35.3 Å². The van der Waals surface area contributed by atoms with Crippen LogP contribution >= 0.6 is 11.3 Å². The van der Waals surface area contributed by atoms with E-state index in [1.807, 2.05) is 6.07 Å². The minimum atomic E-state index is -3.68. The highest BCUT2D eigenvalue weighted by Crippen LogP contribution is 2.27. The lowest BCUT2D eigenvalue weighted by atomic mass is 10.1. The van der Waals surface area contributed by atoms with Gasteiger partial charge in [0.2, 0.25) is 4.74 Å². The second kappa shape index (κ2) is 11.4. The normalized spacial score (nSPS) is 11.7. The average molecular weight is 411 g/mol. The number of rotatable bonds is 13. The fourth-order valence-electron chi connectivity index (χ4n) is 3.10. The van der Waals surface area contributed by atoms with Crippen molar-refractivity contribution in [3.63, 3.8) is 0 Å². The molecule has 0 radical (unpaired) electrons. The summed E-state index contributed by atoms with van der Waals surface area (Å²) in [6.07, 6.45) is 11.4. The van der Waals surface area contributed by atoms with E-state index < -0.39 is 10.1 Å². The third kappa shape index (κ3) is 8.01. The first-order valence-electron chi connectivity index (χ1n) is 9.97. The lowest BCUT2D eigenvalue weighted by molar-refractivity contribution is 0.483. The van der Waals surface area contributed by atoms with Gasteiger partial charge in [0.15, 0.2) is 5.75 Å². The Morgan fingerprint density at radius 1 is 0.889 bits per heavy atom. The van der Waals surface area contributed by atoms with Crippen LogP contribution in [0.2, 0.25) is 0 Å². The Bertz CT molecular complexity index is 856. The maximum Gasteiger partial charge on any atom is 0.309 e. The van der Waals surface area contributed by atoms with E-state index in [0.29, 0.717) is 11.8 Å². The lowest BCUT2D eigenvalue weighted by Crippen LogP contribution is -2.14. The largest absolute Gasteiger partial charge is 0.382 e. The third-order valence-corrected chi connectivity index (χ3v) is 6.69. The van der Waals surface area contributed by atoms with Crippen molar-refractivity contribution in [3.05, 3.63) is 39.9 Å². The summed E-state index contributed by atoms with van der Waals surface area (Å²) in [6, 6.07) is 8.46. The zero-order valence-corrected chi connectivity index (χ0v) is 17.7. The van der Waals surface area contributed by atoms with Crippen LogP contribution in [0.4, 0.5) is 0 Å². The Balaban J connectivity index is 1.74. The maximum absolute atomic E-state index is 12.3. The average Bonchev–Trinajstić information content (AvgIpc) is 2.63. The Morgan fingerprint density at radius 3 is 2.15 bits per heavy atom. The van der Waals surface area contributed by atoms with Gasteiger partial charge < -0.3 is 4.18 Å². The van der Waals surface area contributed by atoms with Crippen LogP contribution in [0.1, 0.15) is 71.1 Å². The molecule has 0 fully saturated rings. The van der Waals surface area contributed by atoms with Gasteiger partial charge in [-0.2, -0.15) is 8.42 Å². The highest BCUT2D eigenvalue weighted by Gasteiger charge is 2.15. The molecule has 6 heteroatoms. The van der Waals surface area contributed by atoms with Crippen molar-refractivity contribution in [1.29, 1.82) is 0 Å². The van der Waals surface area contributed by atoms with Gasteiger partial charge in [0, 0.05) is 16.2 Å². The lowest BCUT2D eigenvalue weighted by Gasteiger charge is -2.09. The maximum atomic E-state index is 12.3. The summed E-state index contributed by atoms with van der Waals surface area (Å²) < 4.78 is 30.3. The molecule has 0 saturated heterocycles. The molecule has 2 aromatic rings. The summed E-state index contributed by atoms with van der Waals surface area (Å²) in [7, 11) is -3.68. The van der Waals surface area contributed by atoms with Crippen molar-refractivity contribution in [3.8, 4) is 5.75 Å². The minimum absolute atomic E-state index is 0.00958. The monoisotopic (exact) mass is 410 g/mol. The van der Waals surface area contributed by atoms with Crippen LogP contribution in [0.25, 0.3) is 10.1 Å². The van der Waals surface area contributed by atoms with E-state index in [1.165, 1.54) is 44.6 Å². The van der Waals surface area contributed by atoms with Gasteiger partial charge >= 0.3 is 10.1 Å². The fourth-order valence-corrected chi connectivity index (χ4v) is 4.96. The predicted octanol–water partition coefficient (Wildman–Crippen LogP) is 5.89. The van der Waals surface area contributed by atoms with Crippen molar-refractivity contribution < 1.29 is 12.6 Å². The Hall–Kier alpha value is -1.40. The number of unbranched alkanes of at least 4 members (excludes halogenated alkanes) is 9. The van der Waals surface area contributed by atoms with Crippen LogP contribution in [-0.2, 0) is 10.1 Å². The molecule has 0 atom stereocenters. The van der Waals surface area contributed by atoms with Crippen LogP contribution in [0, 0.1) is 0 Å². The second-order valence-electron chi connectivity index (χ2n) is 6.95. The van der Waals surface area contributed by atoms with Gasteiger partial charge in [-0.3, -0.25) is 4.79 Å². The molecule has 0 unspecified atom stereocenters. The van der Waals surface area contributed by atoms with Gasteiger partial charge in [-0.05, 0) is 18.6 Å². The smallest absolute Gasteiger partial charge is 0.309 e. The first kappa shape index (κ1) is 21.9. The zero-order valence-electron chi connectivity index (χ0n) is 16.1. The van der Waals surface area contributed by atoms with Crippen molar-refractivity contribution in [2.24, 2.45) is 0 Å². The molecule has 1 aromatic heterocycles. The molecule has 150 valence electrons. The van der Waals surface area contributed by atoms with Gasteiger partial charge in [0.25, 0.3) is 0 Å². The van der Waals surface area contributed by atoms with Crippen LogP contribution in [0.15, 0.2) is 35.1 Å². The molecule has 0 saturated carbocycles. The third-order valence-electron chi connectivity index (χ3n) is 4.58. The molecular weight excluding hydrogens is 380 g/mol. The Morgan fingerprint density at radius 2 is 1.48 bits per heavy atom. The highest BCUT2D eigenvalue weighted by molar-refractivity contribution is 7.87. The van der Waals surface area contributed by atoms with E-state index in [9.17, 15) is 13.2 Å². The zero-order chi connectivity index (χ0) is 19.5. The fraction of sp³-hybridized carbons (Fsp3) is 0.571. The first-order valence-corrected chi connectivity index (χ1v) is 12.4. The van der Waals surface area contributed by atoms with E-state index >= 15 is 0 Å². The predicted molar refractivity (Wildman–Crippen MR) is 114 cm³/mol. The summed E-state index contributed by atoms with van der Waals surface area (Å²) in [6.45, 7) is 2.22. The van der Waals surface area contributed by atoms with E-state index in [1.54, 1.807) is 18.2 Å². The van der Waals surface area contributed by atoms with Crippen LogP contribution in [-0.4, -0.2) is 14.2 Å². The van der Waals surface area contributed by atoms with Crippen LogP contribution in [0.3, 0.4) is 0 Å². The summed E-state index contributed by atoms with van der Waals surface area (Å²) >= 11 is 1.09. The second-order valence-corrected chi connectivity index (χ2v) is 9.69. The number of hydrogen-bond donors (Lipinski definition) is 0. The van der Waals surface area contributed by atoms with E-state index in [2.05, 4.69) is 6.92 Å². The molecule has 0 spiro atoms. The molecule has 0 amide bonds. The minimum Gasteiger partial charge on any atom is -0.382 e. The van der Waals surface area contributed by atoms with Gasteiger partial charge in [0.1, 0.15) is 0 Å². The summed E-state index contributed by atoms with van der Waals surface area (Å²) in [5.41, 5.74) is 0. The van der Waals surface area contributed by atoms with E-state index in [-0.39, 0.29) is 16.2 Å². The molecule has 1 heterocycles. The molecule has 0 aliphatic rings. The van der Waals surface area contributed by atoms with Crippen molar-refractivity contribution in [2.45, 2.75) is 71.1 Å². The molecule has 2 rings (SSSR count). The molecule has 0 aliphatic heterocycles. The van der Waals surface area contributed by atoms with Gasteiger partial charge in [-0.15, -0.1) is 0 Å². The van der Waals surface area contributed by atoms with Gasteiger partial charge in [0.05, 0.1) is 5.75 Å². The number of hydrogen-bond acceptors (Lipinski definition) is 5. The van der Waals surface area contributed by atoms with Crippen molar-refractivity contribution in [2.75, 3.05) is 5.75 Å². The SMILES string of the molecule is CCCCCCCCCCCCS(=O)(=O)Oc1cc(=O)sc2ccccc12. The molecule has 0 aliphatic carbocycles. The van der Waals surface area contributed by atoms with Crippen LogP contribution in [0.5, 0.6) is 5.75 Å².